The van der Waals surface area contributed by atoms with Crippen LogP contribution >= 0.6 is 11.6 Å². The van der Waals surface area contributed by atoms with Crippen LogP contribution in [0.5, 0.6) is 0 Å². The number of hydrogen-bond donors (Lipinski definition) is 1. The Bertz CT molecular complexity index is 214. The van der Waals surface area contributed by atoms with Gasteiger partial charge in [0, 0.05) is 12.7 Å². The number of nitrogens with zero attached hydrogens (tertiary/aromatic N) is 2. The summed E-state index contributed by atoms with van der Waals surface area (Å²) in [4.78, 5) is 7.83. The van der Waals surface area contributed by atoms with Crippen molar-refractivity contribution in [3.63, 3.8) is 0 Å². The molecule has 0 aliphatic rings. The highest BCUT2D eigenvalue weighted by atomic mass is 35.5. The van der Waals surface area contributed by atoms with Crippen LogP contribution in [0.3, 0.4) is 0 Å². The van der Waals surface area contributed by atoms with E-state index in [2.05, 4.69) is 15.3 Å². The van der Waals surface area contributed by atoms with Crippen LogP contribution in [0.2, 0.25) is 5.15 Å². The van der Waals surface area contributed by atoms with Crippen molar-refractivity contribution in [3.8, 4) is 0 Å². The highest BCUT2D eigenvalue weighted by molar-refractivity contribution is 6.29. The molecule has 0 aliphatic carbocycles. The number of rotatable bonds is 2. The van der Waals surface area contributed by atoms with Crippen molar-refractivity contribution in [2.45, 2.75) is 6.92 Å². The van der Waals surface area contributed by atoms with Gasteiger partial charge in [0.05, 0.1) is 0 Å². The van der Waals surface area contributed by atoms with Crippen LogP contribution in [0, 0.1) is 0 Å². The van der Waals surface area contributed by atoms with Gasteiger partial charge in [-0.05, 0) is 13.0 Å². The highest BCUT2D eigenvalue weighted by Gasteiger charge is 1.91. The molecule has 1 aromatic rings. The zero-order chi connectivity index (χ0) is 7.40. The van der Waals surface area contributed by atoms with Gasteiger partial charge in [-0.1, -0.05) is 11.6 Å². The molecule has 0 spiro atoms. The SMILES string of the molecule is CCNc1nccc(Cl)n1. The van der Waals surface area contributed by atoms with E-state index in [0.29, 0.717) is 11.1 Å². The van der Waals surface area contributed by atoms with Crippen molar-refractivity contribution in [2.24, 2.45) is 0 Å². The Morgan fingerprint density at radius 3 is 3.10 bits per heavy atom. The van der Waals surface area contributed by atoms with Crippen LogP contribution in [0.1, 0.15) is 6.92 Å². The van der Waals surface area contributed by atoms with E-state index in [1.807, 2.05) is 6.92 Å². The number of hydrogen-bond acceptors (Lipinski definition) is 3. The lowest BCUT2D eigenvalue weighted by Crippen LogP contribution is -2.00. The molecule has 0 radical (unpaired) electrons. The Kier molecular flexibility index (Phi) is 2.45. The Morgan fingerprint density at radius 1 is 1.70 bits per heavy atom. The molecule has 1 aromatic heterocycles. The van der Waals surface area contributed by atoms with Crippen LogP contribution in [0.15, 0.2) is 12.3 Å². The van der Waals surface area contributed by atoms with E-state index < -0.39 is 0 Å². The number of aromatic nitrogens is 2. The average Bonchev–Trinajstić information content (AvgIpc) is 1.88. The predicted octanol–water partition coefficient (Wildman–Crippen LogP) is 1.56. The Morgan fingerprint density at radius 2 is 2.50 bits per heavy atom. The first-order valence-corrected chi connectivity index (χ1v) is 3.43. The average molecular weight is 158 g/mol. The predicted molar refractivity (Wildman–Crippen MR) is 41.2 cm³/mol. The van der Waals surface area contributed by atoms with Gasteiger partial charge in [0.15, 0.2) is 0 Å². The summed E-state index contributed by atoms with van der Waals surface area (Å²) in [5.74, 6) is 0.579. The summed E-state index contributed by atoms with van der Waals surface area (Å²) in [6.45, 7) is 2.78. The molecule has 0 atom stereocenters. The molecule has 0 unspecified atom stereocenters. The second-order valence-electron chi connectivity index (χ2n) is 1.73. The molecule has 0 bridgehead atoms. The molecule has 0 saturated heterocycles. The maximum atomic E-state index is 5.59. The van der Waals surface area contributed by atoms with Crippen molar-refractivity contribution >= 4 is 17.5 Å². The third kappa shape index (κ3) is 1.84. The van der Waals surface area contributed by atoms with Crippen LogP contribution in [0.4, 0.5) is 5.95 Å². The summed E-state index contributed by atoms with van der Waals surface area (Å²) in [6.07, 6.45) is 1.62. The Balaban J connectivity index is 2.75. The topological polar surface area (TPSA) is 37.8 Å². The van der Waals surface area contributed by atoms with Crippen molar-refractivity contribution < 1.29 is 0 Å². The molecule has 1 rings (SSSR count). The fourth-order valence-electron chi connectivity index (χ4n) is 0.580. The lowest BCUT2D eigenvalue weighted by Gasteiger charge is -1.98. The molecule has 54 valence electrons. The van der Waals surface area contributed by atoms with E-state index in [0.717, 1.165) is 6.54 Å². The largest absolute Gasteiger partial charge is 0.354 e. The molecule has 0 aromatic carbocycles. The maximum absolute atomic E-state index is 5.59. The fourth-order valence-corrected chi connectivity index (χ4v) is 0.716. The van der Waals surface area contributed by atoms with Crippen molar-refractivity contribution in [2.75, 3.05) is 11.9 Å². The number of anilines is 1. The molecule has 10 heavy (non-hydrogen) atoms. The van der Waals surface area contributed by atoms with E-state index >= 15 is 0 Å². The number of halogens is 1. The van der Waals surface area contributed by atoms with Gasteiger partial charge in [-0.25, -0.2) is 9.97 Å². The minimum atomic E-state index is 0.464. The minimum Gasteiger partial charge on any atom is -0.354 e. The van der Waals surface area contributed by atoms with Gasteiger partial charge in [-0.3, -0.25) is 0 Å². The van der Waals surface area contributed by atoms with Gasteiger partial charge in [0.1, 0.15) is 5.15 Å². The zero-order valence-electron chi connectivity index (χ0n) is 5.63. The quantitative estimate of drug-likeness (QED) is 0.663. The Hall–Kier alpha value is -0.830. The molecule has 4 heteroatoms. The molecule has 1 N–H and O–H groups in total. The summed E-state index contributed by atoms with van der Waals surface area (Å²) in [5, 5.41) is 3.41. The standard InChI is InChI=1S/C6H8ClN3/c1-2-8-6-9-4-3-5(7)10-6/h3-4H,2H2,1H3,(H,8,9,10). The fraction of sp³-hybridized carbons (Fsp3) is 0.333. The van der Waals surface area contributed by atoms with E-state index in [4.69, 9.17) is 11.6 Å². The molecule has 1 heterocycles. The van der Waals surface area contributed by atoms with E-state index in [9.17, 15) is 0 Å². The summed E-state index contributed by atoms with van der Waals surface area (Å²) < 4.78 is 0. The normalized spacial score (nSPS) is 9.40. The summed E-state index contributed by atoms with van der Waals surface area (Å²) in [6, 6.07) is 1.64. The molecular weight excluding hydrogens is 150 g/mol. The van der Waals surface area contributed by atoms with Crippen LogP contribution in [0.25, 0.3) is 0 Å². The van der Waals surface area contributed by atoms with Gasteiger partial charge >= 0.3 is 0 Å². The van der Waals surface area contributed by atoms with E-state index in [-0.39, 0.29) is 0 Å². The molecule has 0 amide bonds. The van der Waals surface area contributed by atoms with Crippen LogP contribution < -0.4 is 5.32 Å². The van der Waals surface area contributed by atoms with Crippen LogP contribution in [-0.2, 0) is 0 Å². The Labute approximate surface area is 64.5 Å². The molecule has 0 saturated carbocycles. The van der Waals surface area contributed by atoms with Crippen molar-refractivity contribution in [3.05, 3.63) is 17.4 Å². The highest BCUT2D eigenvalue weighted by Crippen LogP contribution is 2.04. The summed E-state index contributed by atoms with van der Waals surface area (Å²) >= 11 is 5.59. The first kappa shape index (κ1) is 7.28. The zero-order valence-corrected chi connectivity index (χ0v) is 6.39. The smallest absolute Gasteiger partial charge is 0.224 e. The molecule has 0 aliphatic heterocycles. The van der Waals surface area contributed by atoms with Gasteiger partial charge in [0.2, 0.25) is 5.95 Å². The monoisotopic (exact) mass is 157 g/mol. The van der Waals surface area contributed by atoms with Crippen molar-refractivity contribution in [1.82, 2.24) is 9.97 Å². The lowest BCUT2D eigenvalue weighted by molar-refractivity contribution is 1.08. The second kappa shape index (κ2) is 3.37. The van der Waals surface area contributed by atoms with E-state index in [1.165, 1.54) is 0 Å². The first-order valence-electron chi connectivity index (χ1n) is 3.05. The first-order chi connectivity index (χ1) is 4.83. The second-order valence-corrected chi connectivity index (χ2v) is 2.12. The summed E-state index contributed by atoms with van der Waals surface area (Å²) in [5.41, 5.74) is 0. The maximum Gasteiger partial charge on any atom is 0.224 e. The van der Waals surface area contributed by atoms with Gasteiger partial charge in [-0.15, -0.1) is 0 Å². The molecule has 0 fully saturated rings. The van der Waals surface area contributed by atoms with Gasteiger partial charge in [-0.2, -0.15) is 0 Å². The third-order valence-corrected chi connectivity index (χ3v) is 1.17. The van der Waals surface area contributed by atoms with Gasteiger partial charge in [0.25, 0.3) is 0 Å². The third-order valence-electron chi connectivity index (χ3n) is 0.956. The minimum absolute atomic E-state index is 0.464. The van der Waals surface area contributed by atoms with Crippen LogP contribution in [-0.4, -0.2) is 16.5 Å². The van der Waals surface area contributed by atoms with Gasteiger partial charge < -0.3 is 5.32 Å². The molecular formula is C6H8ClN3. The van der Waals surface area contributed by atoms with E-state index in [1.54, 1.807) is 12.3 Å². The molecule has 3 nitrogen and oxygen atoms in total. The summed E-state index contributed by atoms with van der Waals surface area (Å²) in [7, 11) is 0. The lowest BCUT2D eigenvalue weighted by atomic mass is 10.6. The van der Waals surface area contributed by atoms with Crippen molar-refractivity contribution in [1.29, 1.82) is 0 Å². The number of nitrogens with one attached hydrogen (secondary N) is 1.